The molecule has 0 heterocycles. The van der Waals surface area contributed by atoms with Gasteiger partial charge in [-0.1, -0.05) is 6.07 Å². The molecule has 1 aromatic carbocycles. The van der Waals surface area contributed by atoms with Gasteiger partial charge >= 0.3 is 6.09 Å². The van der Waals surface area contributed by atoms with E-state index in [0.29, 0.717) is 24.0 Å². The number of aryl methyl sites for hydroxylation is 1. The molecule has 1 aliphatic rings. The number of alkyl carbamates (subject to hydrolysis) is 1. The van der Waals surface area contributed by atoms with Gasteiger partial charge in [-0.2, -0.15) is 0 Å². The monoisotopic (exact) mass is 477 g/mol. The minimum Gasteiger partial charge on any atom is -0.508 e. The maximum atomic E-state index is 13.7. The number of benzene rings is 1. The van der Waals surface area contributed by atoms with Crippen LogP contribution in [0.2, 0.25) is 0 Å². The van der Waals surface area contributed by atoms with Crippen LogP contribution in [0.15, 0.2) is 18.2 Å². The highest BCUT2D eigenvalue weighted by Crippen LogP contribution is 2.35. The molecular formula is C25H39N3O6. The van der Waals surface area contributed by atoms with Crippen molar-refractivity contribution in [3.8, 4) is 5.75 Å². The Kier molecular flexibility index (Phi) is 8.58. The first-order valence-electron chi connectivity index (χ1n) is 11.7. The molecule has 0 aliphatic heterocycles. The summed E-state index contributed by atoms with van der Waals surface area (Å²) in [5, 5.41) is 25.4. The van der Waals surface area contributed by atoms with Crippen molar-refractivity contribution in [2.24, 2.45) is 0 Å². The molecule has 34 heavy (non-hydrogen) atoms. The first kappa shape index (κ1) is 27.4. The normalized spacial score (nSPS) is 16.1. The first-order valence-corrected chi connectivity index (χ1v) is 11.7. The zero-order valence-electron chi connectivity index (χ0n) is 21.3. The predicted octanol–water partition coefficient (Wildman–Crippen LogP) is 2.92. The van der Waals surface area contributed by atoms with Crippen LogP contribution < -0.4 is 10.6 Å². The second-order valence-corrected chi connectivity index (χ2v) is 10.9. The standard InChI is InChI=1S/C25H39N3O6/c1-15-13-16(11-12-19(15)30)20(21(31)27-24(2,3)4)28(17-9-8-10-17)22(32)18(14-29)26-23(33)34-25(5,6)7/h11-13,17-18,20,29-30H,8-10,14H2,1-7H3,(H,26,33)(H,27,31). The van der Waals surface area contributed by atoms with E-state index in [9.17, 15) is 24.6 Å². The van der Waals surface area contributed by atoms with Crippen molar-refractivity contribution in [3.63, 3.8) is 0 Å². The fourth-order valence-corrected chi connectivity index (χ4v) is 3.72. The molecule has 3 amide bonds. The van der Waals surface area contributed by atoms with Crippen LogP contribution in [0.4, 0.5) is 4.79 Å². The third-order valence-electron chi connectivity index (χ3n) is 5.46. The Labute approximate surface area is 201 Å². The number of carbonyl (C=O) groups is 3. The number of ether oxygens (including phenoxy) is 1. The molecule has 0 aromatic heterocycles. The Hall–Kier alpha value is -2.81. The van der Waals surface area contributed by atoms with Crippen LogP contribution >= 0.6 is 0 Å². The van der Waals surface area contributed by atoms with Crippen LogP contribution in [0.25, 0.3) is 0 Å². The van der Waals surface area contributed by atoms with E-state index in [1.54, 1.807) is 39.8 Å². The molecule has 1 aromatic rings. The lowest BCUT2D eigenvalue weighted by atomic mass is 9.87. The lowest BCUT2D eigenvalue weighted by Crippen LogP contribution is -2.59. The summed E-state index contributed by atoms with van der Waals surface area (Å²) >= 11 is 0. The Morgan fingerprint density at radius 2 is 1.76 bits per heavy atom. The summed E-state index contributed by atoms with van der Waals surface area (Å²) in [5.74, 6) is -0.871. The van der Waals surface area contributed by atoms with Crippen molar-refractivity contribution in [1.29, 1.82) is 0 Å². The van der Waals surface area contributed by atoms with Gasteiger partial charge in [0, 0.05) is 11.6 Å². The zero-order chi connectivity index (χ0) is 25.8. The molecule has 2 rings (SSSR count). The van der Waals surface area contributed by atoms with Crippen molar-refractivity contribution in [2.45, 2.75) is 97.0 Å². The Balaban J connectivity index is 2.48. The van der Waals surface area contributed by atoms with Crippen molar-refractivity contribution in [3.05, 3.63) is 29.3 Å². The molecule has 2 atom stereocenters. The minimum absolute atomic E-state index is 0.0834. The second-order valence-electron chi connectivity index (χ2n) is 10.9. The number of phenols is 1. The highest BCUT2D eigenvalue weighted by molar-refractivity contribution is 5.92. The molecule has 1 aliphatic carbocycles. The summed E-state index contributed by atoms with van der Waals surface area (Å²) in [7, 11) is 0. The number of nitrogens with zero attached hydrogens (tertiary/aromatic N) is 1. The number of aliphatic hydroxyl groups is 1. The van der Waals surface area contributed by atoms with E-state index in [2.05, 4.69) is 10.6 Å². The SMILES string of the molecule is Cc1cc(C(C(=O)NC(C)(C)C)N(C(=O)C(CO)NC(=O)OC(C)(C)C)C2CCC2)ccc1O. The lowest BCUT2D eigenvalue weighted by molar-refractivity contribution is -0.148. The molecule has 4 N–H and O–H groups in total. The van der Waals surface area contributed by atoms with Crippen LogP contribution in [-0.4, -0.2) is 62.9 Å². The second kappa shape index (κ2) is 10.6. The first-order chi connectivity index (χ1) is 15.6. The number of phenolic OH excluding ortho intramolecular Hbond substituents is 1. The van der Waals surface area contributed by atoms with Gasteiger partial charge in [-0.25, -0.2) is 4.79 Å². The van der Waals surface area contributed by atoms with Gasteiger partial charge in [0.1, 0.15) is 23.4 Å². The minimum atomic E-state index is -1.28. The fourth-order valence-electron chi connectivity index (χ4n) is 3.72. The summed E-state index contributed by atoms with van der Waals surface area (Å²) in [6.45, 7) is 11.7. The van der Waals surface area contributed by atoms with Crippen molar-refractivity contribution < 1.29 is 29.3 Å². The van der Waals surface area contributed by atoms with Crippen LogP contribution in [-0.2, 0) is 14.3 Å². The van der Waals surface area contributed by atoms with E-state index in [0.717, 1.165) is 6.42 Å². The molecular weight excluding hydrogens is 438 g/mol. The van der Waals surface area contributed by atoms with Gasteiger partial charge in [0.25, 0.3) is 0 Å². The van der Waals surface area contributed by atoms with Crippen molar-refractivity contribution >= 4 is 17.9 Å². The van der Waals surface area contributed by atoms with E-state index < -0.39 is 41.8 Å². The summed E-state index contributed by atoms with van der Waals surface area (Å²) < 4.78 is 5.25. The lowest BCUT2D eigenvalue weighted by Gasteiger charge is -2.44. The number of aromatic hydroxyl groups is 1. The maximum absolute atomic E-state index is 13.7. The Bertz CT molecular complexity index is 899. The van der Waals surface area contributed by atoms with E-state index in [-0.39, 0.29) is 17.7 Å². The fraction of sp³-hybridized carbons (Fsp3) is 0.640. The van der Waals surface area contributed by atoms with Gasteiger partial charge in [0.05, 0.1) is 6.61 Å². The number of hydrogen-bond donors (Lipinski definition) is 4. The van der Waals surface area contributed by atoms with E-state index in [4.69, 9.17) is 4.74 Å². The van der Waals surface area contributed by atoms with Gasteiger partial charge < -0.3 is 30.5 Å². The summed E-state index contributed by atoms with van der Waals surface area (Å²) in [5.41, 5.74) is -0.232. The number of carbonyl (C=O) groups excluding carboxylic acids is 3. The van der Waals surface area contributed by atoms with Gasteiger partial charge in [-0.15, -0.1) is 0 Å². The Morgan fingerprint density at radius 3 is 2.21 bits per heavy atom. The smallest absolute Gasteiger partial charge is 0.408 e. The number of aliphatic hydroxyl groups excluding tert-OH is 1. The molecule has 2 unspecified atom stereocenters. The van der Waals surface area contributed by atoms with Gasteiger partial charge in [-0.05, 0) is 91.0 Å². The van der Waals surface area contributed by atoms with Crippen LogP contribution in [0.3, 0.4) is 0 Å². The molecule has 0 radical (unpaired) electrons. The molecule has 0 spiro atoms. The predicted molar refractivity (Wildman–Crippen MR) is 128 cm³/mol. The average molecular weight is 478 g/mol. The molecule has 9 heteroatoms. The van der Waals surface area contributed by atoms with E-state index in [1.165, 1.54) is 11.0 Å². The maximum Gasteiger partial charge on any atom is 0.408 e. The quantitative estimate of drug-likeness (QED) is 0.478. The average Bonchev–Trinajstić information content (AvgIpc) is 2.63. The van der Waals surface area contributed by atoms with Crippen molar-refractivity contribution in [1.82, 2.24) is 15.5 Å². The van der Waals surface area contributed by atoms with Gasteiger partial charge in [0.2, 0.25) is 11.8 Å². The summed E-state index contributed by atoms with van der Waals surface area (Å²) in [4.78, 5) is 41.0. The molecule has 0 bridgehead atoms. The van der Waals surface area contributed by atoms with Gasteiger partial charge in [0.15, 0.2) is 0 Å². The molecule has 0 saturated heterocycles. The molecule has 190 valence electrons. The number of amides is 3. The van der Waals surface area contributed by atoms with Crippen LogP contribution in [0.5, 0.6) is 5.75 Å². The summed E-state index contributed by atoms with van der Waals surface area (Å²) in [6, 6.07) is 2.27. The molecule has 1 saturated carbocycles. The highest BCUT2D eigenvalue weighted by Gasteiger charge is 2.42. The van der Waals surface area contributed by atoms with Crippen LogP contribution in [0, 0.1) is 6.92 Å². The number of rotatable bonds is 7. The molecule has 1 fully saturated rings. The van der Waals surface area contributed by atoms with Gasteiger partial charge in [-0.3, -0.25) is 9.59 Å². The van der Waals surface area contributed by atoms with Crippen LogP contribution in [0.1, 0.15) is 78.0 Å². The summed E-state index contributed by atoms with van der Waals surface area (Å²) in [6.07, 6.45) is 1.48. The molecule has 9 nitrogen and oxygen atoms in total. The third-order valence-corrected chi connectivity index (χ3v) is 5.46. The van der Waals surface area contributed by atoms with E-state index >= 15 is 0 Å². The number of nitrogens with one attached hydrogen (secondary N) is 2. The van der Waals surface area contributed by atoms with Crippen molar-refractivity contribution in [2.75, 3.05) is 6.61 Å². The third kappa shape index (κ3) is 7.35. The number of hydrogen-bond acceptors (Lipinski definition) is 6. The highest BCUT2D eigenvalue weighted by atomic mass is 16.6. The largest absolute Gasteiger partial charge is 0.508 e. The van der Waals surface area contributed by atoms with E-state index in [1.807, 2.05) is 20.8 Å². The topological polar surface area (TPSA) is 128 Å². The zero-order valence-corrected chi connectivity index (χ0v) is 21.3. The Morgan fingerprint density at radius 1 is 1.15 bits per heavy atom.